The van der Waals surface area contributed by atoms with E-state index < -0.39 is 5.82 Å². The standard InChI is InChI=1S/C16H21BrFNO/c1-16(2,3)11-7-9-19(10-8-11)15(20)12-5-4-6-13(17)14(12)18/h4-6,11H,7-10H2,1-3H3. The maximum atomic E-state index is 14.0. The molecule has 0 unspecified atom stereocenters. The van der Waals surface area contributed by atoms with Gasteiger partial charge in [-0.3, -0.25) is 4.79 Å². The molecule has 0 spiro atoms. The van der Waals surface area contributed by atoms with E-state index in [2.05, 4.69) is 36.7 Å². The van der Waals surface area contributed by atoms with Gasteiger partial charge in [0.15, 0.2) is 0 Å². The van der Waals surface area contributed by atoms with Crippen LogP contribution in [-0.2, 0) is 0 Å². The summed E-state index contributed by atoms with van der Waals surface area (Å²) in [5.41, 5.74) is 0.435. The molecule has 0 aliphatic carbocycles. The smallest absolute Gasteiger partial charge is 0.256 e. The van der Waals surface area contributed by atoms with Crippen LogP contribution in [0.5, 0.6) is 0 Å². The van der Waals surface area contributed by atoms with E-state index in [1.165, 1.54) is 0 Å². The monoisotopic (exact) mass is 341 g/mol. The number of carbonyl (C=O) groups is 1. The van der Waals surface area contributed by atoms with Gasteiger partial charge in [0.25, 0.3) is 5.91 Å². The largest absolute Gasteiger partial charge is 0.339 e. The van der Waals surface area contributed by atoms with Crippen molar-refractivity contribution in [2.75, 3.05) is 13.1 Å². The molecule has 110 valence electrons. The topological polar surface area (TPSA) is 20.3 Å². The molecule has 1 aromatic carbocycles. The van der Waals surface area contributed by atoms with Gasteiger partial charge in [0, 0.05) is 13.1 Å². The van der Waals surface area contributed by atoms with E-state index in [9.17, 15) is 9.18 Å². The first-order chi connectivity index (χ1) is 9.30. The van der Waals surface area contributed by atoms with Gasteiger partial charge in [0.2, 0.25) is 0 Å². The minimum Gasteiger partial charge on any atom is -0.339 e. The highest BCUT2D eigenvalue weighted by Gasteiger charge is 2.31. The van der Waals surface area contributed by atoms with Crippen LogP contribution in [0, 0.1) is 17.2 Å². The van der Waals surface area contributed by atoms with Crippen molar-refractivity contribution in [3.63, 3.8) is 0 Å². The van der Waals surface area contributed by atoms with Crippen molar-refractivity contribution >= 4 is 21.8 Å². The molecule has 0 bridgehead atoms. The van der Waals surface area contributed by atoms with Gasteiger partial charge in [-0.25, -0.2) is 4.39 Å². The Hall–Kier alpha value is -0.900. The molecule has 2 rings (SSSR count). The summed E-state index contributed by atoms with van der Waals surface area (Å²) in [6.45, 7) is 8.15. The number of amides is 1. The maximum Gasteiger partial charge on any atom is 0.256 e. The molecule has 20 heavy (non-hydrogen) atoms. The zero-order valence-electron chi connectivity index (χ0n) is 12.2. The Kier molecular flexibility index (Phi) is 4.52. The Morgan fingerprint density at radius 2 is 1.90 bits per heavy atom. The second kappa shape index (κ2) is 5.84. The number of rotatable bonds is 1. The highest BCUT2D eigenvalue weighted by molar-refractivity contribution is 9.10. The summed E-state index contributed by atoms with van der Waals surface area (Å²) in [7, 11) is 0. The predicted octanol–water partition coefficient (Wildman–Crippen LogP) is 4.49. The fourth-order valence-electron chi connectivity index (χ4n) is 2.79. The lowest BCUT2D eigenvalue weighted by Crippen LogP contribution is -2.41. The number of hydrogen-bond acceptors (Lipinski definition) is 1. The number of hydrogen-bond donors (Lipinski definition) is 0. The SMILES string of the molecule is CC(C)(C)C1CCN(C(=O)c2cccc(Br)c2F)CC1. The van der Waals surface area contributed by atoms with Gasteiger partial charge < -0.3 is 4.90 Å². The zero-order chi connectivity index (χ0) is 14.9. The summed E-state index contributed by atoms with van der Waals surface area (Å²) in [6, 6.07) is 4.86. The minimum atomic E-state index is -0.463. The zero-order valence-corrected chi connectivity index (χ0v) is 13.8. The molecule has 4 heteroatoms. The molecule has 1 saturated heterocycles. The molecule has 2 nitrogen and oxygen atoms in total. The molecule has 0 saturated carbocycles. The van der Waals surface area contributed by atoms with Crippen LogP contribution in [-0.4, -0.2) is 23.9 Å². The van der Waals surface area contributed by atoms with Crippen molar-refractivity contribution < 1.29 is 9.18 Å². The Labute approximate surface area is 128 Å². The van der Waals surface area contributed by atoms with Crippen molar-refractivity contribution in [1.82, 2.24) is 4.90 Å². The Bertz CT molecular complexity index is 502. The molecule has 0 N–H and O–H groups in total. The van der Waals surface area contributed by atoms with Gasteiger partial charge in [0.1, 0.15) is 5.82 Å². The molecule has 0 radical (unpaired) electrons. The van der Waals surface area contributed by atoms with Crippen LogP contribution in [0.3, 0.4) is 0 Å². The van der Waals surface area contributed by atoms with Crippen LogP contribution >= 0.6 is 15.9 Å². The van der Waals surface area contributed by atoms with E-state index in [4.69, 9.17) is 0 Å². The number of carbonyl (C=O) groups excluding carboxylic acids is 1. The lowest BCUT2D eigenvalue weighted by molar-refractivity contribution is 0.0604. The van der Waals surface area contributed by atoms with Crippen molar-refractivity contribution in [1.29, 1.82) is 0 Å². The highest BCUT2D eigenvalue weighted by atomic mass is 79.9. The molecular formula is C16H21BrFNO. The van der Waals surface area contributed by atoms with E-state index in [1.807, 2.05) is 0 Å². The summed E-state index contributed by atoms with van der Waals surface area (Å²) in [4.78, 5) is 14.2. The van der Waals surface area contributed by atoms with Crippen molar-refractivity contribution in [3.8, 4) is 0 Å². The molecule has 1 fully saturated rings. The Morgan fingerprint density at radius 1 is 1.30 bits per heavy atom. The van der Waals surface area contributed by atoms with Gasteiger partial charge in [-0.1, -0.05) is 26.8 Å². The Balaban J connectivity index is 2.07. The summed E-state index contributed by atoms with van der Waals surface area (Å²) < 4.78 is 14.3. The summed E-state index contributed by atoms with van der Waals surface area (Å²) >= 11 is 3.13. The van der Waals surface area contributed by atoms with Gasteiger partial charge in [-0.05, 0) is 52.2 Å². The summed E-state index contributed by atoms with van der Waals surface area (Å²) in [6.07, 6.45) is 1.98. The second-order valence-electron chi connectivity index (χ2n) is 6.53. The van der Waals surface area contributed by atoms with Crippen molar-refractivity contribution in [2.24, 2.45) is 11.3 Å². The third-order valence-corrected chi connectivity index (χ3v) is 4.80. The van der Waals surface area contributed by atoms with Gasteiger partial charge in [-0.15, -0.1) is 0 Å². The number of halogens is 2. The fourth-order valence-corrected chi connectivity index (χ4v) is 3.15. The van der Waals surface area contributed by atoms with E-state index in [0.717, 1.165) is 12.8 Å². The first-order valence-electron chi connectivity index (χ1n) is 7.04. The first-order valence-corrected chi connectivity index (χ1v) is 7.83. The van der Waals surface area contributed by atoms with Gasteiger partial charge in [-0.2, -0.15) is 0 Å². The molecule has 1 aliphatic rings. The van der Waals surface area contributed by atoms with Gasteiger partial charge >= 0.3 is 0 Å². The number of likely N-dealkylation sites (tertiary alicyclic amines) is 1. The lowest BCUT2D eigenvalue weighted by Gasteiger charge is -2.38. The molecule has 1 heterocycles. The van der Waals surface area contributed by atoms with Crippen LogP contribution in [0.2, 0.25) is 0 Å². The number of nitrogens with zero attached hydrogens (tertiary/aromatic N) is 1. The molecule has 0 aromatic heterocycles. The highest BCUT2D eigenvalue weighted by Crippen LogP contribution is 2.34. The van der Waals surface area contributed by atoms with Crippen LogP contribution < -0.4 is 0 Å². The molecule has 1 aromatic rings. The van der Waals surface area contributed by atoms with E-state index in [0.29, 0.717) is 23.5 Å². The summed E-state index contributed by atoms with van der Waals surface area (Å²) in [5.74, 6) is -0.0366. The summed E-state index contributed by atoms with van der Waals surface area (Å²) in [5, 5.41) is 0. The number of benzene rings is 1. The van der Waals surface area contributed by atoms with E-state index >= 15 is 0 Å². The van der Waals surface area contributed by atoms with Crippen LogP contribution in [0.25, 0.3) is 0 Å². The predicted molar refractivity (Wildman–Crippen MR) is 82.2 cm³/mol. The van der Waals surface area contributed by atoms with Crippen molar-refractivity contribution in [2.45, 2.75) is 33.6 Å². The van der Waals surface area contributed by atoms with Gasteiger partial charge in [0.05, 0.1) is 10.0 Å². The Morgan fingerprint density at radius 3 is 2.45 bits per heavy atom. The maximum absolute atomic E-state index is 14.0. The fraction of sp³-hybridized carbons (Fsp3) is 0.562. The molecule has 1 amide bonds. The second-order valence-corrected chi connectivity index (χ2v) is 7.39. The van der Waals surface area contributed by atoms with Crippen LogP contribution in [0.15, 0.2) is 22.7 Å². The average molecular weight is 342 g/mol. The first kappa shape index (κ1) is 15.5. The third-order valence-electron chi connectivity index (χ3n) is 4.19. The minimum absolute atomic E-state index is 0.161. The quantitative estimate of drug-likeness (QED) is 0.737. The van der Waals surface area contributed by atoms with E-state index in [1.54, 1.807) is 23.1 Å². The molecular weight excluding hydrogens is 321 g/mol. The molecule has 1 aliphatic heterocycles. The molecule has 0 atom stereocenters. The van der Waals surface area contributed by atoms with Crippen LogP contribution in [0.4, 0.5) is 4.39 Å². The number of piperidine rings is 1. The van der Waals surface area contributed by atoms with Crippen LogP contribution in [0.1, 0.15) is 44.0 Å². The van der Waals surface area contributed by atoms with Crippen molar-refractivity contribution in [3.05, 3.63) is 34.1 Å². The average Bonchev–Trinajstić information content (AvgIpc) is 2.40. The van der Waals surface area contributed by atoms with E-state index in [-0.39, 0.29) is 16.9 Å². The third kappa shape index (κ3) is 3.22. The normalized spacial score (nSPS) is 17.4. The lowest BCUT2D eigenvalue weighted by atomic mass is 9.75.